The highest BCUT2D eigenvalue weighted by Crippen LogP contribution is 2.19. The maximum atomic E-state index is 3.06. The molecule has 0 amide bonds. The lowest BCUT2D eigenvalue weighted by atomic mass is 9.95. The Balaban J connectivity index is 2.66. The lowest BCUT2D eigenvalue weighted by molar-refractivity contribution is 0.985. The van der Waals surface area contributed by atoms with E-state index in [0.29, 0.717) is 0 Å². The van der Waals surface area contributed by atoms with Crippen LogP contribution in [0.1, 0.15) is 20.3 Å². The van der Waals surface area contributed by atoms with E-state index in [-0.39, 0.29) is 0 Å². The minimum atomic E-state index is 1.09. The molecule has 0 aliphatic heterocycles. The molecule has 2 radical (unpaired) electrons. The van der Waals surface area contributed by atoms with Crippen LogP contribution in [0.4, 0.5) is 0 Å². The van der Waals surface area contributed by atoms with Crippen LogP contribution in [0.3, 0.4) is 0 Å². The molecule has 42 valence electrons. The largest absolute Gasteiger partial charge is 0.0758 e. The van der Waals surface area contributed by atoms with Crippen LogP contribution in [0.2, 0.25) is 0 Å². The van der Waals surface area contributed by atoms with Crippen LogP contribution in [0.15, 0.2) is 17.7 Å². The summed E-state index contributed by atoms with van der Waals surface area (Å²) in [6.07, 6.45) is 8.23. The predicted molar refractivity (Wildman–Crippen MR) is 35.1 cm³/mol. The molecular weight excluding hydrogens is 96.1 g/mol. The Hall–Kier alpha value is -0.520. The SMILES string of the molecule is C[C]1CC=[C]C=C1C. The first-order valence-corrected chi connectivity index (χ1v) is 2.88. The maximum absolute atomic E-state index is 3.06. The third kappa shape index (κ3) is 1.00. The van der Waals surface area contributed by atoms with Crippen molar-refractivity contribution in [3.63, 3.8) is 0 Å². The highest BCUT2D eigenvalue weighted by Gasteiger charge is 2.03. The standard InChI is InChI=1S/C8H10/c1-7-5-3-4-6-8(7)2/h3,6H,5H2,1-2H3. The van der Waals surface area contributed by atoms with Gasteiger partial charge < -0.3 is 0 Å². The third-order valence-corrected chi connectivity index (χ3v) is 1.50. The lowest BCUT2D eigenvalue weighted by Gasteiger charge is -2.10. The van der Waals surface area contributed by atoms with Crippen molar-refractivity contribution in [1.82, 2.24) is 0 Å². The average molecular weight is 106 g/mol. The van der Waals surface area contributed by atoms with Gasteiger partial charge in [-0.3, -0.25) is 0 Å². The molecule has 0 N–H and O–H groups in total. The molecule has 0 atom stereocenters. The fourth-order valence-corrected chi connectivity index (χ4v) is 0.680. The molecule has 0 fully saturated rings. The Morgan fingerprint density at radius 3 is 2.62 bits per heavy atom. The molecule has 1 aliphatic carbocycles. The molecule has 8 heavy (non-hydrogen) atoms. The first kappa shape index (κ1) is 5.61. The van der Waals surface area contributed by atoms with Gasteiger partial charge >= 0.3 is 0 Å². The molecule has 0 unspecified atom stereocenters. The molecule has 0 aromatic carbocycles. The van der Waals surface area contributed by atoms with Gasteiger partial charge in [0, 0.05) is 5.92 Å². The second-order valence-electron chi connectivity index (χ2n) is 2.18. The van der Waals surface area contributed by atoms with Crippen LogP contribution in [0, 0.1) is 12.0 Å². The molecule has 0 nitrogen and oxygen atoms in total. The van der Waals surface area contributed by atoms with E-state index in [1.165, 1.54) is 11.5 Å². The fourth-order valence-electron chi connectivity index (χ4n) is 0.680. The first-order chi connectivity index (χ1) is 3.80. The second-order valence-corrected chi connectivity index (χ2v) is 2.18. The molecule has 0 aromatic rings. The van der Waals surface area contributed by atoms with E-state index in [9.17, 15) is 0 Å². The summed E-state index contributed by atoms with van der Waals surface area (Å²) >= 11 is 0. The van der Waals surface area contributed by atoms with Crippen molar-refractivity contribution in [2.75, 3.05) is 0 Å². The van der Waals surface area contributed by atoms with Crippen LogP contribution in [0.25, 0.3) is 0 Å². The summed E-state index contributed by atoms with van der Waals surface area (Å²) < 4.78 is 0. The van der Waals surface area contributed by atoms with E-state index < -0.39 is 0 Å². The molecule has 0 saturated heterocycles. The molecule has 0 heterocycles. The van der Waals surface area contributed by atoms with Crippen molar-refractivity contribution in [1.29, 1.82) is 0 Å². The average Bonchev–Trinajstić information content (AvgIpc) is 1.77. The Labute approximate surface area is 50.9 Å². The zero-order valence-electron chi connectivity index (χ0n) is 5.36. The van der Waals surface area contributed by atoms with E-state index in [4.69, 9.17) is 0 Å². The topological polar surface area (TPSA) is 0 Å². The number of rotatable bonds is 0. The van der Waals surface area contributed by atoms with Gasteiger partial charge in [-0.05, 0) is 19.4 Å². The molecule has 1 aliphatic rings. The highest BCUT2D eigenvalue weighted by atomic mass is 14.1. The van der Waals surface area contributed by atoms with Crippen molar-refractivity contribution in [3.05, 3.63) is 29.7 Å². The number of hydrogen-bond donors (Lipinski definition) is 0. The van der Waals surface area contributed by atoms with Crippen molar-refractivity contribution in [2.24, 2.45) is 0 Å². The van der Waals surface area contributed by atoms with Crippen LogP contribution >= 0.6 is 0 Å². The lowest BCUT2D eigenvalue weighted by Crippen LogP contribution is -1.93. The van der Waals surface area contributed by atoms with Crippen molar-refractivity contribution < 1.29 is 0 Å². The zero-order chi connectivity index (χ0) is 5.98. The fraction of sp³-hybridized carbons (Fsp3) is 0.375. The van der Waals surface area contributed by atoms with Crippen LogP contribution < -0.4 is 0 Å². The van der Waals surface area contributed by atoms with E-state index >= 15 is 0 Å². The van der Waals surface area contributed by atoms with Crippen LogP contribution in [-0.4, -0.2) is 0 Å². The first-order valence-electron chi connectivity index (χ1n) is 2.88. The van der Waals surface area contributed by atoms with Gasteiger partial charge in [-0.25, -0.2) is 0 Å². The van der Waals surface area contributed by atoms with Gasteiger partial charge in [0.05, 0.1) is 0 Å². The van der Waals surface area contributed by atoms with Crippen LogP contribution in [0.5, 0.6) is 0 Å². The molecule has 0 spiro atoms. The summed E-state index contributed by atoms with van der Waals surface area (Å²) in [6, 6.07) is 0. The number of allylic oxidation sites excluding steroid dienone is 4. The third-order valence-electron chi connectivity index (χ3n) is 1.50. The zero-order valence-corrected chi connectivity index (χ0v) is 5.36. The molecule has 0 saturated carbocycles. The Morgan fingerprint density at radius 2 is 2.25 bits per heavy atom. The summed E-state index contributed by atoms with van der Waals surface area (Å²) in [6.45, 7) is 4.28. The highest BCUT2D eigenvalue weighted by molar-refractivity contribution is 5.27. The normalized spacial score (nSPS) is 21.0. The second kappa shape index (κ2) is 2.17. The summed E-state index contributed by atoms with van der Waals surface area (Å²) in [4.78, 5) is 0. The maximum Gasteiger partial charge on any atom is 0.00128 e. The summed E-state index contributed by atoms with van der Waals surface area (Å²) in [5.74, 6) is 1.46. The number of hydrogen-bond acceptors (Lipinski definition) is 0. The van der Waals surface area contributed by atoms with Crippen LogP contribution in [-0.2, 0) is 0 Å². The molecule has 0 heteroatoms. The minimum Gasteiger partial charge on any atom is -0.0758 e. The van der Waals surface area contributed by atoms with Gasteiger partial charge in [0.2, 0.25) is 0 Å². The van der Waals surface area contributed by atoms with E-state index in [0.717, 1.165) is 6.42 Å². The van der Waals surface area contributed by atoms with Gasteiger partial charge in [0.25, 0.3) is 0 Å². The van der Waals surface area contributed by atoms with Gasteiger partial charge in [-0.1, -0.05) is 24.6 Å². The van der Waals surface area contributed by atoms with Crippen molar-refractivity contribution >= 4 is 0 Å². The van der Waals surface area contributed by atoms with Crippen molar-refractivity contribution in [3.8, 4) is 0 Å². The molecule has 1 rings (SSSR count). The predicted octanol–water partition coefficient (Wildman–Crippen LogP) is 2.29. The van der Waals surface area contributed by atoms with Gasteiger partial charge in [0.15, 0.2) is 0 Å². The van der Waals surface area contributed by atoms with Gasteiger partial charge in [-0.15, -0.1) is 0 Å². The van der Waals surface area contributed by atoms with E-state index in [1.807, 2.05) is 6.08 Å². The van der Waals surface area contributed by atoms with Gasteiger partial charge in [-0.2, -0.15) is 0 Å². The Morgan fingerprint density at radius 1 is 1.50 bits per heavy atom. The van der Waals surface area contributed by atoms with E-state index in [2.05, 4.69) is 26.0 Å². The Bertz CT molecular complexity index is 129. The summed E-state index contributed by atoms with van der Waals surface area (Å²) in [5, 5.41) is 0. The van der Waals surface area contributed by atoms with Crippen molar-refractivity contribution in [2.45, 2.75) is 20.3 Å². The van der Waals surface area contributed by atoms with Gasteiger partial charge in [0.1, 0.15) is 0 Å². The Kier molecular flexibility index (Phi) is 1.52. The quantitative estimate of drug-likeness (QED) is 0.444. The summed E-state index contributed by atoms with van der Waals surface area (Å²) in [5.41, 5.74) is 1.37. The molecule has 0 aromatic heterocycles. The molecule has 0 bridgehead atoms. The minimum absolute atomic E-state index is 1.09. The summed E-state index contributed by atoms with van der Waals surface area (Å²) in [7, 11) is 0. The van der Waals surface area contributed by atoms with E-state index in [1.54, 1.807) is 0 Å². The smallest absolute Gasteiger partial charge is 0.00128 e. The monoisotopic (exact) mass is 106 g/mol. The molecular formula is C8H10.